The standard InChI is InChI=1S/C24H36N4O3/c1-3-27(4-2)24(31)20-9-8-10-21(17-20)25-22(29)18-26-15-11-19(12-16-26)23(30)28-13-6-5-7-14-28/h8-10,17,19H,3-7,11-16,18H2,1-2H3,(H,25,29). The molecule has 2 fully saturated rings. The third kappa shape index (κ3) is 6.29. The van der Waals surface area contributed by atoms with Crippen molar-refractivity contribution < 1.29 is 14.4 Å². The fourth-order valence-electron chi connectivity index (χ4n) is 4.54. The van der Waals surface area contributed by atoms with Crippen LogP contribution in [-0.2, 0) is 9.59 Å². The lowest BCUT2D eigenvalue weighted by molar-refractivity contribution is -0.138. The van der Waals surface area contributed by atoms with Crippen molar-refractivity contribution in [2.24, 2.45) is 5.92 Å². The Balaban J connectivity index is 1.47. The Kier molecular flexibility index (Phi) is 8.46. The molecule has 0 aromatic heterocycles. The molecular formula is C24H36N4O3. The lowest BCUT2D eigenvalue weighted by Gasteiger charge is -2.35. The van der Waals surface area contributed by atoms with Crippen molar-refractivity contribution in [3.63, 3.8) is 0 Å². The quantitative estimate of drug-likeness (QED) is 0.725. The number of nitrogens with zero attached hydrogens (tertiary/aromatic N) is 3. The van der Waals surface area contributed by atoms with Gasteiger partial charge in [-0.1, -0.05) is 6.07 Å². The molecule has 2 aliphatic rings. The van der Waals surface area contributed by atoms with E-state index in [1.54, 1.807) is 29.2 Å². The molecule has 0 atom stereocenters. The molecule has 3 rings (SSSR count). The van der Waals surface area contributed by atoms with Crippen molar-refractivity contribution in [1.82, 2.24) is 14.7 Å². The van der Waals surface area contributed by atoms with Crippen molar-refractivity contribution in [2.45, 2.75) is 46.0 Å². The number of likely N-dealkylation sites (tertiary alicyclic amines) is 2. The van der Waals surface area contributed by atoms with E-state index in [1.807, 2.05) is 18.7 Å². The third-order valence-electron chi connectivity index (χ3n) is 6.42. The highest BCUT2D eigenvalue weighted by molar-refractivity contribution is 5.97. The molecule has 1 aromatic carbocycles. The van der Waals surface area contributed by atoms with Crippen LogP contribution in [0.2, 0.25) is 0 Å². The second kappa shape index (κ2) is 11.3. The maximum absolute atomic E-state index is 12.7. The van der Waals surface area contributed by atoms with E-state index in [0.717, 1.165) is 51.9 Å². The van der Waals surface area contributed by atoms with Gasteiger partial charge >= 0.3 is 0 Å². The highest BCUT2D eigenvalue weighted by Gasteiger charge is 2.29. The minimum absolute atomic E-state index is 0.0263. The molecule has 31 heavy (non-hydrogen) atoms. The fourth-order valence-corrected chi connectivity index (χ4v) is 4.54. The van der Waals surface area contributed by atoms with Crippen molar-refractivity contribution in [3.8, 4) is 0 Å². The van der Waals surface area contributed by atoms with Gasteiger partial charge < -0.3 is 15.1 Å². The first kappa shape index (κ1) is 23.3. The molecule has 0 unspecified atom stereocenters. The number of piperidine rings is 2. The van der Waals surface area contributed by atoms with Gasteiger partial charge in [0, 0.05) is 43.3 Å². The summed E-state index contributed by atoms with van der Waals surface area (Å²) in [4.78, 5) is 43.7. The molecule has 0 bridgehead atoms. The van der Waals surface area contributed by atoms with E-state index in [2.05, 4.69) is 10.2 Å². The van der Waals surface area contributed by atoms with E-state index in [4.69, 9.17) is 0 Å². The highest BCUT2D eigenvalue weighted by atomic mass is 16.2. The minimum atomic E-state index is -0.0896. The van der Waals surface area contributed by atoms with Crippen LogP contribution < -0.4 is 5.32 Å². The third-order valence-corrected chi connectivity index (χ3v) is 6.42. The SMILES string of the molecule is CCN(CC)C(=O)c1cccc(NC(=O)CN2CCC(C(=O)N3CCCCC3)CC2)c1. The van der Waals surface area contributed by atoms with Gasteiger partial charge in [-0.05, 0) is 77.2 Å². The van der Waals surface area contributed by atoms with Crippen LogP contribution in [0, 0.1) is 5.92 Å². The molecule has 0 radical (unpaired) electrons. The van der Waals surface area contributed by atoms with Crippen molar-refractivity contribution in [3.05, 3.63) is 29.8 Å². The number of carbonyl (C=O) groups is 3. The Hall–Kier alpha value is -2.41. The monoisotopic (exact) mass is 428 g/mol. The topological polar surface area (TPSA) is 73.0 Å². The number of carbonyl (C=O) groups excluding carboxylic acids is 3. The van der Waals surface area contributed by atoms with Crippen LogP contribution >= 0.6 is 0 Å². The summed E-state index contributed by atoms with van der Waals surface area (Å²) in [6, 6.07) is 7.12. The van der Waals surface area contributed by atoms with Crippen LogP contribution in [0.25, 0.3) is 0 Å². The molecular weight excluding hydrogens is 392 g/mol. The van der Waals surface area contributed by atoms with Crippen LogP contribution in [0.1, 0.15) is 56.3 Å². The van der Waals surface area contributed by atoms with Gasteiger partial charge in [0.15, 0.2) is 0 Å². The first-order valence-electron chi connectivity index (χ1n) is 11.7. The average Bonchev–Trinajstić information content (AvgIpc) is 2.80. The van der Waals surface area contributed by atoms with Crippen molar-refractivity contribution >= 4 is 23.4 Å². The zero-order valence-corrected chi connectivity index (χ0v) is 18.9. The maximum Gasteiger partial charge on any atom is 0.253 e. The van der Waals surface area contributed by atoms with Gasteiger partial charge in [0.2, 0.25) is 11.8 Å². The predicted octanol–water partition coefficient (Wildman–Crippen LogP) is 2.83. The molecule has 0 saturated carbocycles. The van der Waals surface area contributed by atoms with E-state index >= 15 is 0 Å². The van der Waals surface area contributed by atoms with Crippen LogP contribution in [0.5, 0.6) is 0 Å². The molecule has 170 valence electrons. The molecule has 1 N–H and O–H groups in total. The van der Waals surface area contributed by atoms with Crippen LogP contribution in [0.3, 0.4) is 0 Å². The normalized spacial score (nSPS) is 17.9. The van der Waals surface area contributed by atoms with Crippen molar-refractivity contribution in [2.75, 3.05) is 51.1 Å². The number of benzene rings is 1. The predicted molar refractivity (Wildman–Crippen MR) is 122 cm³/mol. The Morgan fingerprint density at radius 3 is 2.32 bits per heavy atom. The molecule has 7 heteroatoms. The number of rotatable bonds is 7. The number of anilines is 1. The first-order chi connectivity index (χ1) is 15.0. The largest absolute Gasteiger partial charge is 0.342 e. The number of amides is 3. The zero-order chi connectivity index (χ0) is 22.2. The van der Waals surface area contributed by atoms with E-state index in [9.17, 15) is 14.4 Å². The van der Waals surface area contributed by atoms with Crippen LogP contribution in [0.4, 0.5) is 5.69 Å². The summed E-state index contributed by atoms with van der Waals surface area (Å²) >= 11 is 0. The van der Waals surface area contributed by atoms with Gasteiger partial charge in [-0.3, -0.25) is 19.3 Å². The van der Waals surface area contributed by atoms with Gasteiger partial charge in [0.1, 0.15) is 0 Å². The van der Waals surface area contributed by atoms with E-state index in [0.29, 0.717) is 36.8 Å². The second-order valence-electron chi connectivity index (χ2n) is 8.54. The number of hydrogen-bond acceptors (Lipinski definition) is 4. The highest BCUT2D eigenvalue weighted by Crippen LogP contribution is 2.22. The molecule has 1 aromatic rings. The molecule has 2 heterocycles. The first-order valence-corrected chi connectivity index (χ1v) is 11.7. The lowest BCUT2D eigenvalue weighted by Crippen LogP contribution is -2.45. The smallest absolute Gasteiger partial charge is 0.253 e. The Morgan fingerprint density at radius 1 is 1.00 bits per heavy atom. The molecule has 7 nitrogen and oxygen atoms in total. The second-order valence-corrected chi connectivity index (χ2v) is 8.54. The van der Waals surface area contributed by atoms with Gasteiger partial charge in [0.25, 0.3) is 5.91 Å². The molecule has 0 aliphatic carbocycles. The summed E-state index contributed by atoms with van der Waals surface area (Å²) in [6.07, 6.45) is 5.09. The van der Waals surface area contributed by atoms with Gasteiger partial charge in [-0.25, -0.2) is 0 Å². The maximum atomic E-state index is 12.7. The molecule has 0 spiro atoms. The summed E-state index contributed by atoms with van der Waals surface area (Å²) in [6.45, 7) is 8.85. The van der Waals surface area contributed by atoms with E-state index in [1.165, 1.54) is 6.42 Å². The summed E-state index contributed by atoms with van der Waals surface area (Å²) in [5.41, 5.74) is 1.22. The summed E-state index contributed by atoms with van der Waals surface area (Å²) in [5.74, 6) is 0.286. The Bertz CT molecular complexity index is 764. The zero-order valence-electron chi connectivity index (χ0n) is 18.9. The molecule has 2 aliphatic heterocycles. The van der Waals surface area contributed by atoms with Crippen molar-refractivity contribution in [1.29, 1.82) is 0 Å². The fraction of sp³-hybridized carbons (Fsp3) is 0.625. The van der Waals surface area contributed by atoms with Gasteiger partial charge in [-0.2, -0.15) is 0 Å². The minimum Gasteiger partial charge on any atom is -0.342 e. The lowest BCUT2D eigenvalue weighted by atomic mass is 9.94. The van der Waals surface area contributed by atoms with Crippen LogP contribution in [0.15, 0.2) is 24.3 Å². The summed E-state index contributed by atoms with van der Waals surface area (Å²) < 4.78 is 0. The number of hydrogen-bond donors (Lipinski definition) is 1. The van der Waals surface area contributed by atoms with Gasteiger partial charge in [0.05, 0.1) is 6.54 Å². The van der Waals surface area contributed by atoms with Crippen LogP contribution in [-0.4, -0.2) is 78.2 Å². The average molecular weight is 429 g/mol. The van der Waals surface area contributed by atoms with E-state index in [-0.39, 0.29) is 17.7 Å². The molecule has 3 amide bonds. The van der Waals surface area contributed by atoms with E-state index < -0.39 is 0 Å². The number of nitrogens with one attached hydrogen (secondary N) is 1. The summed E-state index contributed by atoms with van der Waals surface area (Å²) in [5, 5.41) is 2.92. The molecule has 2 saturated heterocycles. The Morgan fingerprint density at radius 2 is 1.68 bits per heavy atom. The van der Waals surface area contributed by atoms with Gasteiger partial charge in [-0.15, -0.1) is 0 Å². The summed E-state index contributed by atoms with van der Waals surface area (Å²) in [7, 11) is 0. The Labute approximate surface area is 185 Å².